The monoisotopic (exact) mass is 389 g/mol. The van der Waals surface area contributed by atoms with Gasteiger partial charge >= 0.3 is 5.97 Å². The molecule has 0 saturated heterocycles. The lowest BCUT2D eigenvalue weighted by Gasteiger charge is -2.12. The van der Waals surface area contributed by atoms with E-state index in [9.17, 15) is 4.79 Å². The van der Waals surface area contributed by atoms with E-state index in [-0.39, 0.29) is 17.8 Å². The Morgan fingerprint density at radius 3 is 2.65 bits per heavy atom. The van der Waals surface area contributed by atoms with E-state index >= 15 is 0 Å². The Morgan fingerprint density at radius 1 is 1.26 bits per heavy atom. The summed E-state index contributed by atoms with van der Waals surface area (Å²) in [6, 6.07) is 17.3. The second kappa shape index (κ2) is 8.76. The molecule has 2 rings (SSSR count). The number of benzene rings is 2. The van der Waals surface area contributed by atoms with E-state index in [0.717, 1.165) is 21.4 Å². The van der Waals surface area contributed by atoms with Crippen LogP contribution in [0.3, 0.4) is 0 Å². The molecule has 0 spiro atoms. The van der Waals surface area contributed by atoms with Crippen LogP contribution in [0.2, 0.25) is 0 Å². The molecule has 118 valence electrons. The van der Waals surface area contributed by atoms with Crippen molar-refractivity contribution in [2.75, 3.05) is 0 Å². The summed E-state index contributed by atoms with van der Waals surface area (Å²) in [6.07, 6.45) is 0. The minimum Gasteiger partial charge on any atom is -0.460 e. The van der Waals surface area contributed by atoms with Crippen molar-refractivity contribution in [3.63, 3.8) is 0 Å². The first-order valence-electron chi connectivity index (χ1n) is 7.11. The van der Waals surface area contributed by atoms with Gasteiger partial charge in [-0.1, -0.05) is 46.3 Å². The van der Waals surface area contributed by atoms with Crippen molar-refractivity contribution >= 4 is 33.7 Å². The third kappa shape index (κ3) is 5.42. The molecule has 0 aliphatic rings. The molecule has 5 heteroatoms. The highest BCUT2D eigenvalue weighted by Gasteiger charge is 2.15. The highest BCUT2D eigenvalue weighted by molar-refractivity contribution is 9.10. The quantitative estimate of drug-likeness (QED) is 0.672. The fourth-order valence-corrected chi connectivity index (χ4v) is 2.99. The Labute approximate surface area is 148 Å². The molecule has 0 bridgehead atoms. The highest BCUT2D eigenvalue weighted by atomic mass is 79.9. The van der Waals surface area contributed by atoms with Gasteiger partial charge in [0.1, 0.15) is 6.61 Å². The predicted molar refractivity (Wildman–Crippen MR) is 95.9 cm³/mol. The Bertz CT molecular complexity index is 710. The lowest BCUT2D eigenvalue weighted by atomic mass is 10.1. The van der Waals surface area contributed by atoms with E-state index in [4.69, 9.17) is 10.00 Å². The Morgan fingerprint density at radius 2 is 1.96 bits per heavy atom. The molecule has 0 saturated carbocycles. The van der Waals surface area contributed by atoms with Crippen molar-refractivity contribution < 1.29 is 9.53 Å². The fourth-order valence-electron chi connectivity index (χ4n) is 1.89. The molecule has 23 heavy (non-hydrogen) atoms. The van der Waals surface area contributed by atoms with Gasteiger partial charge < -0.3 is 4.74 Å². The summed E-state index contributed by atoms with van der Waals surface area (Å²) >= 11 is 4.93. The minimum absolute atomic E-state index is 0.131. The molecule has 0 unspecified atom stereocenters. The largest absolute Gasteiger partial charge is 0.460 e. The maximum Gasteiger partial charge on any atom is 0.319 e. The first-order valence-corrected chi connectivity index (χ1v) is 8.95. The van der Waals surface area contributed by atoms with Crippen LogP contribution in [0.5, 0.6) is 0 Å². The van der Waals surface area contributed by atoms with Crippen molar-refractivity contribution in [1.29, 1.82) is 5.26 Å². The SMILES string of the molecule is C[C@@H](SCc1ccc(Br)cc1)C(=O)OCc1ccccc1C#N. The topological polar surface area (TPSA) is 50.1 Å². The van der Waals surface area contributed by atoms with Gasteiger partial charge in [0, 0.05) is 15.8 Å². The van der Waals surface area contributed by atoms with Crippen molar-refractivity contribution in [3.05, 3.63) is 69.7 Å². The number of hydrogen-bond acceptors (Lipinski definition) is 4. The molecular weight excluding hydrogens is 374 g/mol. The maximum atomic E-state index is 12.1. The van der Waals surface area contributed by atoms with Crippen LogP contribution in [0.15, 0.2) is 53.0 Å². The van der Waals surface area contributed by atoms with E-state index in [1.165, 1.54) is 11.8 Å². The molecular formula is C18H16BrNO2S. The minimum atomic E-state index is -0.264. The summed E-state index contributed by atoms with van der Waals surface area (Å²) in [4.78, 5) is 12.1. The molecule has 1 atom stereocenters. The Hall–Kier alpha value is -1.77. The third-order valence-corrected chi connectivity index (χ3v) is 4.97. The molecule has 2 aromatic rings. The number of esters is 1. The zero-order valence-corrected chi connectivity index (χ0v) is 15.1. The fraction of sp³-hybridized carbons (Fsp3) is 0.222. The lowest BCUT2D eigenvalue weighted by Crippen LogP contribution is -2.17. The molecule has 0 amide bonds. The first-order chi connectivity index (χ1) is 11.1. The Kier molecular flexibility index (Phi) is 6.69. The van der Waals surface area contributed by atoms with Gasteiger partial charge in [0.25, 0.3) is 0 Å². The number of hydrogen-bond donors (Lipinski definition) is 0. The number of halogens is 1. The average molecular weight is 390 g/mol. The number of ether oxygens (including phenoxy) is 1. The van der Waals surface area contributed by atoms with Gasteiger partial charge in [-0.25, -0.2) is 0 Å². The molecule has 0 aliphatic carbocycles. The second-order valence-electron chi connectivity index (χ2n) is 4.96. The van der Waals surface area contributed by atoms with Gasteiger partial charge in [0.15, 0.2) is 0 Å². The number of rotatable bonds is 6. The number of nitrogens with zero attached hydrogens (tertiary/aromatic N) is 1. The van der Waals surface area contributed by atoms with E-state index in [0.29, 0.717) is 5.56 Å². The normalized spacial score (nSPS) is 11.5. The molecule has 0 fully saturated rings. The van der Waals surface area contributed by atoms with Crippen LogP contribution in [0, 0.1) is 11.3 Å². The number of nitriles is 1. The van der Waals surface area contributed by atoms with Gasteiger partial charge in [-0.05, 0) is 30.7 Å². The number of thioether (sulfide) groups is 1. The highest BCUT2D eigenvalue weighted by Crippen LogP contribution is 2.21. The smallest absolute Gasteiger partial charge is 0.319 e. The zero-order chi connectivity index (χ0) is 16.7. The van der Waals surface area contributed by atoms with Gasteiger partial charge in [0.2, 0.25) is 0 Å². The van der Waals surface area contributed by atoms with Crippen LogP contribution in [0.25, 0.3) is 0 Å². The summed E-state index contributed by atoms with van der Waals surface area (Å²) < 4.78 is 6.36. The molecule has 0 heterocycles. The summed E-state index contributed by atoms with van der Waals surface area (Å²) in [7, 11) is 0. The Balaban J connectivity index is 1.83. The maximum absolute atomic E-state index is 12.1. The first kappa shape index (κ1) is 17.6. The van der Waals surface area contributed by atoms with Crippen molar-refractivity contribution in [3.8, 4) is 6.07 Å². The molecule has 0 aromatic heterocycles. The zero-order valence-electron chi connectivity index (χ0n) is 12.7. The van der Waals surface area contributed by atoms with E-state index in [2.05, 4.69) is 22.0 Å². The van der Waals surface area contributed by atoms with Gasteiger partial charge in [0.05, 0.1) is 16.9 Å². The van der Waals surface area contributed by atoms with Crippen LogP contribution >= 0.6 is 27.7 Å². The second-order valence-corrected chi connectivity index (χ2v) is 7.20. The van der Waals surface area contributed by atoms with Gasteiger partial charge in [-0.15, -0.1) is 11.8 Å². The van der Waals surface area contributed by atoms with Crippen LogP contribution in [0.1, 0.15) is 23.6 Å². The summed E-state index contributed by atoms with van der Waals surface area (Å²) in [5, 5.41) is 8.77. The van der Waals surface area contributed by atoms with E-state index in [1.807, 2.05) is 37.3 Å². The average Bonchev–Trinajstić information content (AvgIpc) is 2.59. The summed E-state index contributed by atoms with van der Waals surface area (Å²) in [6.45, 7) is 1.97. The molecule has 3 nitrogen and oxygen atoms in total. The molecule has 2 aromatic carbocycles. The predicted octanol–water partition coefficient (Wildman–Crippen LogP) is 4.69. The standard InChI is InChI=1S/C18H16BrNO2S/c1-13(23-12-14-6-8-17(19)9-7-14)18(21)22-11-16-5-3-2-4-15(16)10-20/h2-9,13H,11-12H2,1H3/t13-/m1/s1. The molecule has 0 N–H and O–H groups in total. The van der Waals surface area contributed by atoms with Gasteiger partial charge in [-0.2, -0.15) is 5.26 Å². The van der Waals surface area contributed by atoms with E-state index < -0.39 is 0 Å². The van der Waals surface area contributed by atoms with Crippen LogP contribution in [0.4, 0.5) is 0 Å². The van der Waals surface area contributed by atoms with Crippen LogP contribution < -0.4 is 0 Å². The summed E-state index contributed by atoms with van der Waals surface area (Å²) in [5.74, 6) is 0.484. The van der Waals surface area contributed by atoms with Gasteiger partial charge in [-0.3, -0.25) is 4.79 Å². The van der Waals surface area contributed by atoms with Crippen LogP contribution in [-0.4, -0.2) is 11.2 Å². The van der Waals surface area contributed by atoms with Crippen molar-refractivity contribution in [2.45, 2.75) is 24.5 Å². The van der Waals surface area contributed by atoms with Crippen LogP contribution in [-0.2, 0) is 21.9 Å². The molecule has 0 aliphatic heterocycles. The summed E-state index contributed by atoms with van der Waals surface area (Å²) in [5.41, 5.74) is 2.43. The van der Waals surface area contributed by atoms with Crippen molar-refractivity contribution in [2.24, 2.45) is 0 Å². The number of carbonyl (C=O) groups excluding carboxylic acids is 1. The number of carbonyl (C=O) groups is 1. The van der Waals surface area contributed by atoms with Crippen molar-refractivity contribution in [1.82, 2.24) is 0 Å². The van der Waals surface area contributed by atoms with E-state index in [1.54, 1.807) is 18.2 Å². The molecule has 0 radical (unpaired) electrons. The lowest BCUT2D eigenvalue weighted by molar-refractivity contribution is -0.143. The third-order valence-electron chi connectivity index (χ3n) is 3.25.